The third kappa shape index (κ3) is 2.85. The van der Waals surface area contributed by atoms with E-state index in [9.17, 15) is 0 Å². The van der Waals surface area contributed by atoms with Crippen LogP contribution in [0.25, 0.3) is 11.0 Å². The molecule has 4 heteroatoms. The van der Waals surface area contributed by atoms with Gasteiger partial charge in [-0.1, -0.05) is 19.1 Å². The molecule has 0 saturated heterocycles. The average molecular weight is 283 g/mol. The summed E-state index contributed by atoms with van der Waals surface area (Å²) in [5.74, 6) is 2.11. The zero-order chi connectivity index (χ0) is 14.7. The van der Waals surface area contributed by atoms with Crippen molar-refractivity contribution in [3.8, 4) is 0 Å². The smallest absolute Gasteiger partial charge is 0.117 e. The van der Waals surface area contributed by atoms with Crippen LogP contribution in [0.2, 0.25) is 0 Å². The number of benzene rings is 1. The molecule has 1 atom stereocenters. The minimum atomic E-state index is 0.349. The van der Waals surface area contributed by atoms with Crippen LogP contribution >= 0.6 is 0 Å². The number of aryl methyl sites for hydroxylation is 1. The SMILES string of the molecule is CCc1nc2ccccc2n1C(C)CNCc1ccco1. The summed E-state index contributed by atoms with van der Waals surface area (Å²) < 4.78 is 7.68. The van der Waals surface area contributed by atoms with Crippen LogP contribution in [0.5, 0.6) is 0 Å². The number of imidazole rings is 1. The maximum Gasteiger partial charge on any atom is 0.117 e. The summed E-state index contributed by atoms with van der Waals surface area (Å²) in [5, 5.41) is 3.45. The van der Waals surface area contributed by atoms with Gasteiger partial charge in [0.25, 0.3) is 0 Å². The van der Waals surface area contributed by atoms with Crippen LogP contribution in [-0.4, -0.2) is 16.1 Å². The average Bonchev–Trinajstić information content (AvgIpc) is 3.13. The van der Waals surface area contributed by atoms with Crippen molar-refractivity contribution in [1.82, 2.24) is 14.9 Å². The monoisotopic (exact) mass is 283 g/mol. The molecule has 0 bridgehead atoms. The number of hydrogen-bond acceptors (Lipinski definition) is 3. The first kappa shape index (κ1) is 13.9. The second-order valence-electron chi connectivity index (χ2n) is 5.30. The van der Waals surface area contributed by atoms with Crippen molar-refractivity contribution < 1.29 is 4.42 Å². The Balaban J connectivity index is 1.75. The van der Waals surface area contributed by atoms with E-state index < -0.39 is 0 Å². The van der Waals surface area contributed by atoms with Crippen LogP contribution in [0.4, 0.5) is 0 Å². The number of fused-ring (bicyclic) bond motifs is 1. The lowest BCUT2D eigenvalue weighted by atomic mass is 10.2. The van der Waals surface area contributed by atoms with Gasteiger partial charge in [0.2, 0.25) is 0 Å². The van der Waals surface area contributed by atoms with Gasteiger partial charge in [-0.05, 0) is 31.2 Å². The fourth-order valence-corrected chi connectivity index (χ4v) is 2.74. The third-order valence-corrected chi connectivity index (χ3v) is 3.74. The Morgan fingerprint density at radius 1 is 1.24 bits per heavy atom. The summed E-state index contributed by atoms with van der Waals surface area (Å²) in [6.07, 6.45) is 2.65. The Bertz CT molecular complexity index is 700. The van der Waals surface area contributed by atoms with Crippen molar-refractivity contribution in [1.29, 1.82) is 0 Å². The van der Waals surface area contributed by atoms with Gasteiger partial charge in [-0.3, -0.25) is 0 Å². The van der Waals surface area contributed by atoms with Crippen molar-refractivity contribution in [3.05, 3.63) is 54.2 Å². The number of para-hydroxylation sites is 2. The van der Waals surface area contributed by atoms with Crippen molar-refractivity contribution >= 4 is 11.0 Å². The quantitative estimate of drug-likeness (QED) is 0.752. The standard InChI is InChI=1S/C17H21N3O/c1-3-17-19-15-8-4-5-9-16(15)20(17)13(2)11-18-12-14-7-6-10-21-14/h4-10,13,18H,3,11-12H2,1-2H3. The van der Waals surface area contributed by atoms with Gasteiger partial charge in [0.15, 0.2) is 0 Å². The molecule has 1 unspecified atom stereocenters. The highest BCUT2D eigenvalue weighted by atomic mass is 16.3. The van der Waals surface area contributed by atoms with E-state index in [2.05, 4.69) is 41.9 Å². The fraction of sp³-hybridized carbons (Fsp3) is 0.353. The second-order valence-corrected chi connectivity index (χ2v) is 5.30. The topological polar surface area (TPSA) is 43.0 Å². The lowest BCUT2D eigenvalue weighted by Gasteiger charge is -2.17. The molecule has 21 heavy (non-hydrogen) atoms. The Hall–Kier alpha value is -2.07. The molecule has 0 amide bonds. The van der Waals surface area contributed by atoms with E-state index in [4.69, 9.17) is 9.40 Å². The summed E-state index contributed by atoms with van der Waals surface area (Å²) >= 11 is 0. The number of hydrogen-bond donors (Lipinski definition) is 1. The third-order valence-electron chi connectivity index (χ3n) is 3.74. The van der Waals surface area contributed by atoms with E-state index in [0.29, 0.717) is 6.04 Å². The van der Waals surface area contributed by atoms with E-state index in [0.717, 1.165) is 36.6 Å². The molecule has 1 aromatic carbocycles. The van der Waals surface area contributed by atoms with Crippen molar-refractivity contribution in [2.45, 2.75) is 32.9 Å². The summed E-state index contributed by atoms with van der Waals surface area (Å²) in [5.41, 5.74) is 2.29. The summed E-state index contributed by atoms with van der Waals surface area (Å²) in [6, 6.07) is 12.6. The van der Waals surface area contributed by atoms with Crippen LogP contribution in [-0.2, 0) is 13.0 Å². The molecule has 0 spiro atoms. The van der Waals surface area contributed by atoms with Crippen LogP contribution < -0.4 is 5.32 Å². The number of furan rings is 1. The summed E-state index contributed by atoms with van der Waals surface area (Å²) in [6.45, 7) is 6.02. The lowest BCUT2D eigenvalue weighted by Crippen LogP contribution is -2.24. The fourth-order valence-electron chi connectivity index (χ4n) is 2.74. The molecule has 2 aromatic heterocycles. The van der Waals surface area contributed by atoms with Gasteiger partial charge < -0.3 is 14.3 Å². The minimum Gasteiger partial charge on any atom is -0.468 e. The molecule has 0 saturated carbocycles. The Morgan fingerprint density at radius 3 is 2.86 bits per heavy atom. The molecule has 0 aliphatic rings. The van der Waals surface area contributed by atoms with Crippen molar-refractivity contribution in [2.24, 2.45) is 0 Å². The molecule has 4 nitrogen and oxygen atoms in total. The molecule has 3 aromatic rings. The maximum absolute atomic E-state index is 5.34. The van der Waals surface area contributed by atoms with Crippen LogP contribution in [0.3, 0.4) is 0 Å². The largest absolute Gasteiger partial charge is 0.468 e. The molecular weight excluding hydrogens is 262 g/mol. The van der Waals surface area contributed by atoms with Crippen LogP contribution in [0.15, 0.2) is 47.1 Å². The molecule has 0 radical (unpaired) electrons. The normalized spacial score (nSPS) is 12.9. The van der Waals surface area contributed by atoms with Gasteiger partial charge in [0.1, 0.15) is 11.6 Å². The molecule has 3 rings (SSSR count). The number of rotatable bonds is 6. The lowest BCUT2D eigenvalue weighted by molar-refractivity contribution is 0.446. The highest BCUT2D eigenvalue weighted by Gasteiger charge is 2.14. The Kier molecular flexibility index (Phi) is 4.06. The van der Waals surface area contributed by atoms with Crippen LogP contribution in [0, 0.1) is 0 Å². The second kappa shape index (κ2) is 6.14. The van der Waals surface area contributed by atoms with Gasteiger partial charge in [-0.15, -0.1) is 0 Å². The number of nitrogens with one attached hydrogen (secondary N) is 1. The highest BCUT2D eigenvalue weighted by Crippen LogP contribution is 2.21. The van der Waals surface area contributed by atoms with E-state index in [1.807, 2.05) is 18.2 Å². The summed E-state index contributed by atoms with van der Waals surface area (Å²) in [4.78, 5) is 4.73. The number of nitrogens with zero attached hydrogens (tertiary/aromatic N) is 2. The van der Waals surface area contributed by atoms with Crippen LogP contribution in [0.1, 0.15) is 31.5 Å². The Labute approximate surface area is 124 Å². The highest BCUT2D eigenvalue weighted by molar-refractivity contribution is 5.76. The maximum atomic E-state index is 5.34. The first-order valence-electron chi connectivity index (χ1n) is 7.48. The van der Waals surface area contributed by atoms with E-state index in [-0.39, 0.29) is 0 Å². The first-order chi connectivity index (χ1) is 10.3. The van der Waals surface area contributed by atoms with Gasteiger partial charge in [-0.25, -0.2) is 4.98 Å². The zero-order valence-corrected chi connectivity index (χ0v) is 12.5. The molecule has 0 fully saturated rings. The number of aromatic nitrogens is 2. The van der Waals surface area contributed by atoms with Gasteiger partial charge >= 0.3 is 0 Å². The molecule has 2 heterocycles. The minimum absolute atomic E-state index is 0.349. The van der Waals surface area contributed by atoms with Gasteiger partial charge in [-0.2, -0.15) is 0 Å². The zero-order valence-electron chi connectivity index (χ0n) is 12.5. The predicted molar refractivity (Wildman–Crippen MR) is 84.2 cm³/mol. The van der Waals surface area contributed by atoms with Crippen molar-refractivity contribution in [3.63, 3.8) is 0 Å². The van der Waals surface area contributed by atoms with Gasteiger partial charge in [0, 0.05) is 19.0 Å². The predicted octanol–water partition coefficient (Wildman–Crippen LogP) is 3.54. The molecule has 0 aliphatic heterocycles. The summed E-state index contributed by atoms with van der Waals surface area (Å²) in [7, 11) is 0. The molecule has 1 N–H and O–H groups in total. The van der Waals surface area contributed by atoms with E-state index in [1.165, 1.54) is 5.52 Å². The molecular formula is C17H21N3O. The van der Waals surface area contributed by atoms with Gasteiger partial charge in [0.05, 0.1) is 23.8 Å². The first-order valence-corrected chi connectivity index (χ1v) is 7.48. The van der Waals surface area contributed by atoms with E-state index >= 15 is 0 Å². The van der Waals surface area contributed by atoms with E-state index in [1.54, 1.807) is 6.26 Å². The molecule has 0 aliphatic carbocycles. The Morgan fingerprint density at radius 2 is 2.10 bits per heavy atom. The van der Waals surface area contributed by atoms with Crippen molar-refractivity contribution in [2.75, 3.05) is 6.54 Å². The molecule has 110 valence electrons.